The van der Waals surface area contributed by atoms with Gasteiger partial charge in [0.25, 0.3) is 0 Å². The van der Waals surface area contributed by atoms with E-state index in [0.29, 0.717) is 11.3 Å². The average molecular weight is 284 g/mol. The lowest BCUT2D eigenvalue weighted by atomic mass is 10.1. The number of thiazole rings is 1. The van der Waals surface area contributed by atoms with E-state index in [2.05, 4.69) is 9.72 Å². The highest BCUT2D eigenvalue weighted by atomic mass is 32.1. The van der Waals surface area contributed by atoms with E-state index >= 15 is 0 Å². The Bertz CT molecular complexity index is 688. The highest BCUT2D eigenvalue weighted by molar-refractivity contribution is 7.15. The molecule has 2 heterocycles. The van der Waals surface area contributed by atoms with Crippen molar-refractivity contribution >= 4 is 16.3 Å². The van der Waals surface area contributed by atoms with Gasteiger partial charge in [-0.3, -0.25) is 4.40 Å². The first-order valence-electron chi connectivity index (χ1n) is 5.30. The molecule has 0 radical (unpaired) electrons. The topological polar surface area (TPSA) is 26.5 Å². The lowest BCUT2D eigenvalue weighted by Crippen LogP contribution is -2.17. The van der Waals surface area contributed by atoms with E-state index in [4.69, 9.17) is 0 Å². The number of fused-ring (bicyclic) bond motifs is 1. The zero-order chi connectivity index (χ0) is 13.5. The van der Waals surface area contributed by atoms with Crippen molar-refractivity contribution in [1.82, 2.24) is 9.38 Å². The fraction of sp³-hybridized carbons (Fsp3) is 0.0833. The Hall–Kier alpha value is -2.02. The Balaban J connectivity index is 2.07. The molecular weight excluding hydrogens is 277 g/mol. The summed E-state index contributed by atoms with van der Waals surface area (Å²) in [6.45, 7) is 0. The first kappa shape index (κ1) is 12.0. The molecule has 0 aliphatic carbocycles. The molecule has 0 aliphatic rings. The third-order valence-corrected chi connectivity index (χ3v) is 3.25. The minimum Gasteiger partial charge on any atom is -0.405 e. The molecule has 0 saturated carbocycles. The van der Waals surface area contributed by atoms with Crippen molar-refractivity contribution in [2.24, 2.45) is 0 Å². The smallest absolute Gasteiger partial charge is 0.405 e. The number of alkyl halides is 3. The molecule has 0 N–H and O–H groups in total. The van der Waals surface area contributed by atoms with Crippen molar-refractivity contribution in [3.8, 4) is 17.0 Å². The zero-order valence-corrected chi connectivity index (χ0v) is 10.2. The summed E-state index contributed by atoms with van der Waals surface area (Å²) in [4.78, 5) is 4.99. The maximum absolute atomic E-state index is 12.3. The number of imidazole rings is 1. The molecule has 0 spiro atoms. The predicted molar refractivity (Wildman–Crippen MR) is 65.2 cm³/mol. The number of ether oxygens (including phenoxy) is 1. The summed E-state index contributed by atoms with van der Waals surface area (Å²) in [6.07, 6.45) is -1.25. The van der Waals surface area contributed by atoms with Crippen LogP contribution in [0.25, 0.3) is 16.2 Å². The van der Waals surface area contributed by atoms with E-state index in [1.54, 1.807) is 28.9 Å². The maximum Gasteiger partial charge on any atom is 0.573 e. The number of hydrogen-bond acceptors (Lipinski definition) is 3. The van der Waals surface area contributed by atoms with Gasteiger partial charge in [0.2, 0.25) is 0 Å². The van der Waals surface area contributed by atoms with Crippen LogP contribution in [-0.2, 0) is 0 Å². The molecule has 3 aromatic rings. The molecule has 0 fully saturated rings. The van der Waals surface area contributed by atoms with Crippen molar-refractivity contribution in [3.63, 3.8) is 0 Å². The molecule has 0 saturated heterocycles. The summed E-state index contributed by atoms with van der Waals surface area (Å²) >= 11 is 1.41. The number of aromatic nitrogens is 2. The maximum atomic E-state index is 12.3. The van der Waals surface area contributed by atoms with Crippen LogP contribution >= 0.6 is 11.3 Å². The van der Waals surface area contributed by atoms with Crippen LogP contribution in [-0.4, -0.2) is 15.7 Å². The second kappa shape index (κ2) is 4.27. The highest BCUT2D eigenvalue weighted by Crippen LogP contribution is 2.33. The van der Waals surface area contributed by atoms with Crippen LogP contribution in [0, 0.1) is 0 Å². The van der Waals surface area contributed by atoms with Crippen molar-refractivity contribution < 1.29 is 17.9 Å². The third kappa shape index (κ3) is 2.41. The number of halogens is 3. The van der Waals surface area contributed by atoms with Gasteiger partial charge < -0.3 is 4.74 Å². The summed E-state index contributed by atoms with van der Waals surface area (Å²) in [5.41, 5.74) is 0.766. The van der Waals surface area contributed by atoms with Crippen LogP contribution in [0.3, 0.4) is 0 Å². The summed E-state index contributed by atoms with van der Waals surface area (Å²) in [6, 6.07) is 5.96. The van der Waals surface area contributed by atoms with Crippen molar-refractivity contribution in [2.45, 2.75) is 6.36 Å². The van der Waals surface area contributed by atoms with E-state index in [1.807, 2.05) is 5.38 Å². The molecule has 19 heavy (non-hydrogen) atoms. The molecule has 0 unspecified atom stereocenters. The van der Waals surface area contributed by atoms with Gasteiger partial charge in [-0.15, -0.1) is 24.5 Å². The van der Waals surface area contributed by atoms with E-state index in [9.17, 15) is 13.2 Å². The number of rotatable bonds is 2. The Kier molecular flexibility index (Phi) is 2.70. The van der Waals surface area contributed by atoms with Gasteiger partial charge in [-0.05, 0) is 12.1 Å². The van der Waals surface area contributed by atoms with Gasteiger partial charge in [-0.2, -0.15) is 0 Å². The normalized spacial score (nSPS) is 11.9. The molecule has 3 nitrogen and oxygen atoms in total. The lowest BCUT2D eigenvalue weighted by molar-refractivity contribution is -0.274. The molecule has 0 aliphatic heterocycles. The van der Waals surface area contributed by atoms with Gasteiger partial charge in [-0.25, -0.2) is 4.98 Å². The molecule has 0 atom stereocenters. The molecular formula is C12H7F3N2OS. The van der Waals surface area contributed by atoms with E-state index in [0.717, 1.165) is 4.96 Å². The van der Waals surface area contributed by atoms with Crippen molar-refractivity contribution in [2.75, 3.05) is 0 Å². The minimum atomic E-state index is -4.72. The number of nitrogens with zero attached hydrogens (tertiary/aromatic N) is 2. The fourth-order valence-corrected chi connectivity index (χ4v) is 2.45. The summed E-state index contributed by atoms with van der Waals surface area (Å²) < 4.78 is 42.8. The van der Waals surface area contributed by atoms with Gasteiger partial charge in [0.05, 0.1) is 5.69 Å². The highest BCUT2D eigenvalue weighted by Gasteiger charge is 2.32. The summed E-state index contributed by atoms with van der Waals surface area (Å²) in [7, 11) is 0. The van der Waals surface area contributed by atoms with Crippen LogP contribution in [0.5, 0.6) is 5.75 Å². The van der Waals surface area contributed by atoms with E-state index in [1.165, 1.54) is 23.5 Å². The standard InChI is InChI=1S/C12H7F3N2OS/c13-12(14,15)18-10-4-2-1-3-8(10)9-7-17-5-6-19-11(17)16-9/h1-7H. The second-order valence-corrected chi connectivity index (χ2v) is 4.64. The van der Waals surface area contributed by atoms with Crippen LogP contribution < -0.4 is 4.74 Å². The molecule has 0 amide bonds. The van der Waals surface area contributed by atoms with Crippen molar-refractivity contribution in [1.29, 1.82) is 0 Å². The van der Waals surface area contributed by atoms with E-state index < -0.39 is 6.36 Å². The molecule has 1 aromatic carbocycles. The first-order chi connectivity index (χ1) is 9.03. The summed E-state index contributed by atoms with van der Waals surface area (Å²) in [5.74, 6) is -0.249. The lowest BCUT2D eigenvalue weighted by Gasteiger charge is -2.11. The van der Waals surface area contributed by atoms with Crippen LogP contribution in [0.2, 0.25) is 0 Å². The quantitative estimate of drug-likeness (QED) is 0.712. The van der Waals surface area contributed by atoms with Crippen LogP contribution in [0.15, 0.2) is 42.0 Å². The van der Waals surface area contributed by atoms with Crippen LogP contribution in [0.1, 0.15) is 0 Å². The molecule has 2 aromatic heterocycles. The van der Waals surface area contributed by atoms with Gasteiger partial charge in [-0.1, -0.05) is 12.1 Å². The Morgan fingerprint density at radius 3 is 2.74 bits per heavy atom. The van der Waals surface area contributed by atoms with Gasteiger partial charge in [0, 0.05) is 23.3 Å². The Labute approximate surface area is 109 Å². The SMILES string of the molecule is FC(F)(F)Oc1ccccc1-c1cn2ccsc2n1. The molecule has 3 rings (SSSR count). The first-order valence-corrected chi connectivity index (χ1v) is 6.18. The largest absolute Gasteiger partial charge is 0.573 e. The molecule has 0 bridgehead atoms. The second-order valence-electron chi connectivity index (χ2n) is 3.76. The zero-order valence-electron chi connectivity index (χ0n) is 9.39. The monoisotopic (exact) mass is 284 g/mol. The van der Waals surface area contributed by atoms with Crippen molar-refractivity contribution in [3.05, 3.63) is 42.0 Å². The average Bonchev–Trinajstić information content (AvgIpc) is 2.87. The molecule has 7 heteroatoms. The van der Waals surface area contributed by atoms with Gasteiger partial charge in [0.1, 0.15) is 5.75 Å². The fourth-order valence-electron chi connectivity index (χ4n) is 1.75. The van der Waals surface area contributed by atoms with Crippen LogP contribution in [0.4, 0.5) is 13.2 Å². The predicted octanol–water partition coefficient (Wildman–Crippen LogP) is 3.96. The third-order valence-electron chi connectivity index (χ3n) is 2.48. The van der Waals surface area contributed by atoms with E-state index in [-0.39, 0.29) is 5.75 Å². The number of para-hydroxylation sites is 1. The van der Waals surface area contributed by atoms with Gasteiger partial charge in [0.15, 0.2) is 4.96 Å². The minimum absolute atomic E-state index is 0.249. The Morgan fingerprint density at radius 2 is 2.00 bits per heavy atom. The number of benzene rings is 1. The summed E-state index contributed by atoms with van der Waals surface area (Å²) in [5, 5.41) is 1.85. The molecule has 98 valence electrons. The number of hydrogen-bond donors (Lipinski definition) is 0. The Morgan fingerprint density at radius 1 is 1.21 bits per heavy atom. The van der Waals surface area contributed by atoms with Gasteiger partial charge >= 0.3 is 6.36 Å².